The molecule has 3 heterocycles. The van der Waals surface area contributed by atoms with Gasteiger partial charge in [-0.2, -0.15) is 10.2 Å². The summed E-state index contributed by atoms with van der Waals surface area (Å²) in [6, 6.07) is 2.02. The predicted molar refractivity (Wildman–Crippen MR) is 101 cm³/mol. The molecular formula is C17H23BrN6O2. The van der Waals surface area contributed by atoms with Gasteiger partial charge in [0.05, 0.1) is 12.4 Å². The summed E-state index contributed by atoms with van der Waals surface area (Å²) < 4.78 is 6.34. The van der Waals surface area contributed by atoms with Gasteiger partial charge in [0, 0.05) is 36.3 Å². The Labute approximate surface area is 161 Å². The first-order valence-corrected chi connectivity index (χ1v) is 9.31. The maximum absolute atomic E-state index is 12.3. The number of piperazine rings is 1. The largest absolute Gasteiger partial charge is 0.444 e. The molecule has 3 rings (SSSR count). The molecule has 1 saturated heterocycles. The van der Waals surface area contributed by atoms with Crippen LogP contribution in [-0.4, -0.2) is 62.2 Å². The van der Waals surface area contributed by atoms with Crippen LogP contribution >= 0.6 is 15.9 Å². The number of carbonyl (C=O) groups excluding carboxylic acids is 1. The number of hydrogen-bond donors (Lipinski definition) is 0. The predicted octanol–water partition coefficient (Wildman–Crippen LogP) is 2.87. The molecule has 26 heavy (non-hydrogen) atoms. The number of ether oxygens (including phenoxy) is 1. The van der Waals surface area contributed by atoms with Crippen molar-refractivity contribution in [1.29, 1.82) is 0 Å². The van der Waals surface area contributed by atoms with E-state index in [1.54, 1.807) is 28.3 Å². The molecule has 0 saturated carbocycles. The van der Waals surface area contributed by atoms with Crippen LogP contribution in [0.15, 0.2) is 29.1 Å². The van der Waals surface area contributed by atoms with E-state index in [0.29, 0.717) is 19.6 Å². The summed E-state index contributed by atoms with van der Waals surface area (Å²) in [6.45, 7) is 9.49. The standard InChI is InChI=1S/C17H23BrN6O2/c1-12-11-22(16(25)26-17(2,3)4)7-8-23(12)15-14(9-13(18)10-19-15)24-20-5-6-21-24/h5-6,9-10,12H,7-8,11H2,1-4H3/t12-/m0/s1. The Morgan fingerprint density at radius 2 is 1.96 bits per heavy atom. The third kappa shape index (κ3) is 4.14. The van der Waals surface area contributed by atoms with Gasteiger partial charge in [-0.05, 0) is 49.7 Å². The topological polar surface area (TPSA) is 76.4 Å². The molecule has 2 aromatic heterocycles. The van der Waals surface area contributed by atoms with Gasteiger partial charge in [-0.3, -0.25) is 0 Å². The fraction of sp³-hybridized carbons (Fsp3) is 0.529. The highest BCUT2D eigenvalue weighted by molar-refractivity contribution is 9.10. The molecule has 1 atom stereocenters. The molecule has 0 spiro atoms. The van der Waals surface area contributed by atoms with E-state index in [4.69, 9.17) is 4.74 Å². The Balaban J connectivity index is 1.80. The Kier molecular flexibility index (Phi) is 5.17. The van der Waals surface area contributed by atoms with Crippen LogP contribution in [0.2, 0.25) is 0 Å². The molecule has 0 aromatic carbocycles. The second kappa shape index (κ2) is 7.22. The SMILES string of the molecule is C[C@H]1CN(C(=O)OC(C)(C)C)CCN1c1ncc(Br)cc1-n1nccn1. The molecule has 1 fully saturated rings. The van der Waals surface area contributed by atoms with Crippen molar-refractivity contribution in [3.8, 4) is 5.69 Å². The minimum absolute atomic E-state index is 0.0826. The van der Waals surface area contributed by atoms with Gasteiger partial charge in [0.1, 0.15) is 11.3 Å². The molecule has 8 nitrogen and oxygen atoms in total. The lowest BCUT2D eigenvalue weighted by Crippen LogP contribution is -2.55. The number of nitrogens with zero attached hydrogens (tertiary/aromatic N) is 6. The van der Waals surface area contributed by atoms with Gasteiger partial charge in [-0.1, -0.05) is 0 Å². The Morgan fingerprint density at radius 1 is 1.27 bits per heavy atom. The summed E-state index contributed by atoms with van der Waals surface area (Å²) >= 11 is 3.46. The number of halogens is 1. The molecule has 0 radical (unpaired) electrons. The molecule has 0 unspecified atom stereocenters. The normalized spacial score (nSPS) is 18.1. The summed E-state index contributed by atoms with van der Waals surface area (Å²) in [6.07, 6.45) is 4.75. The van der Waals surface area contributed by atoms with E-state index in [2.05, 4.69) is 42.9 Å². The van der Waals surface area contributed by atoms with Crippen molar-refractivity contribution >= 4 is 27.8 Å². The summed E-state index contributed by atoms with van der Waals surface area (Å²) in [5.74, 6) is 0.792. The first-order valence-electron chi connectivity index (χ1n) is 8.51. The van der Waals surface area contributed by atoms with Gasteiger partial charge < -0.3 is 14.5 Å². The molecule has 2 aromatic rings. The minimum Gasteiger partial charge on any atom is -0.444 e. The van der Waals surface area contributed by atoms with Crippen LogP contribution in [0.25, 0.3) is 5.69 Å². The van der Waals surface area contributed by atoms with E-state index in [0.717, 1.165) is 16.0 Å². The first kappa shape index (κ1) is 18.6. The Hall–Kier alpha value is -2.16. The number of anilines is 1. The first-order chi connectivity index (χ1) is 12.2. The highest BCUT2D eigenvalue weighted by Gasteiger charge is 2.31. The zero-order valence-electron chi connectivity index (χ0n) is 15.4. The summed E-state index contributed by atoms with van der Waals surface area (Å²) in [4.78, 5) is 22.4. The van der Waals surface area contributed by atoms with E-state index in [1.807, 2.05) is 26.8 Å². The van der Waals surface area contributed by atoms with Gasteiger partial charge in [0.2, 0.25) is 0 Å². The van der Waals surface area contributed by atoms with Crippen molar-refractivity contribution in [3.05, 3.63) is 29.1 Å². The molecule has 1 aliphatic rings. The number of amides is 1. The third-order valence-electron chi connectivity index (χ3n) is 4.00. The lowest BCUT2D eigenvalue weighted by molar-refractivity contribution is 0.0218. The monoisotopic (exact) mass is 422 g/mol. The summed E-state index contributed by atoms with van der Waals surface area (Å²) in [7, 11) is 0. The van der Waals surface area contributed by atoms with Gasteiger partial charge in [0.25, 0.3) is 0 Å². The van der Waals surface area contributed by atoms with Crippen molar-refractivity contribution in [1.82, 2.24) is 24.9 Å². The number of carbonyl (C=O) groups is 1. The zero-order valence-corrected chi connectivity index (χ0v) is 17.0. The maximum Gasteiger partial charge on any atom is 0.410 e. The summed E-state index contributed by atoms with van der Waals surface area (Å²) in [5, 5.41) is 8.45. The Bertz CT molecular complexity index is 774. The lowest BCUT2D eigenvalue weighted by atomic mass is 10.2. The van der Waals surface area contributed by atoms with Crippen molar-refractivity contribution in [3.63, 3.8) is 0 Å². The second-order valence-electron chi connectivity index (χ2n) is 7.28. The van der Waals surface area contributed by atoms with Gasteiger partial charge in [-0.25, -0.2) is 9.78 Å². The van der Waals surface area contributed by atoms with Gasteiger partial charge >= 0.3 is 6.09 Å². The average Bonchev–Trinajstić information content (AvgIpc) is 3.08. The fourth-order valence-corrected chi connectivity index (χ4v) is 3.21. The maximum atomic E-state index is 12.3. The van der Waals surface area contributed by atoms with Crippen LogP contribution in [0.4, 0.5) is 10.6 Å². The van der Waals surface area contributed by atoms with Crippen LogP contribution in [0, 0.1) is 0 Å². The number of pyridine rings is 1. The van der Waals surface area contributed by atoms with Crippen LogP contribution in [0.3, 0.4) is 0 Å². The number of aromatic nitrogens is 4. The van der Waals surface area contributed by atoms with Crippen LogP contribution < -0.4 is 4.90 Å². The average molecular weight is 423 g/mol. The van der Waals surface area contributed by atoms with Gasteiger partial charge in [0.15, 0.2) is 5.82 Å². The minimum atomic E-state index is -0.496. The van der Waals surface area contributed by atoms with E-state index < -0.39 is 5.60 Å². The molecule has 9 heteroatoms. The second-order valence-corrected chi connectivity index (χ2v) is 8.20. The quantitative estimate of drug-likeness (QED) is 0.740. The molecule has 0 bridgehead atoms. The highest BCUT2D eigenvalue weighted by Crippen LogP contribution is 2.27. The molecule has 1 aliphatic heterocycles. The van der Waals surface area contributed by atoms with Crippen molar-refractivity contribution in [2.24, 2.45) is 0 Å². The van der Waals surface area contributed by atoms with Crippen LogP contribution in [0.1, 0.15) is 27.7 Å². The molecule has 0 aliphatic carbocycles. The Morgan fingerprint density at radius 3 is 2.58 bits per heavy atom. The van der Waals surface area contributed by atoms with E-state index in [-0.39, 0.29) is 12.1 Å². The van der Waals surface area contributed by atoms with Crippen molar-refractivity contribution < 1.29 is 9.53 Å². The van der Waals surface area contributed by atoms with Crippen molar-refractivity contribution in [2.45, 2.75) is 39.3 Å². The van der Waals surface area contributed by atoms with Crippen LogP contribution in [-0.2, 0) is 4.74 Å². The molecular weight excluding hydrogens is 400 g/mol. The summed E-state index contributed by atoms with van der Waals surface area (Å²) in [5.41, 5.74) is 0.297. The fourth-order valence-electron chi connectivity index (χ4n) is 2.89. The van der Waals surface area contributed by atoms with Crippen molar-refractivity contribution in [2.75, 3.05) is 24.5 Å². The molecule has 140 valence electrons. The smallest absolute Gasteiger partial charge is 0.410 e. The van der Waals surface area contributed by atoms with Gasteiger partial charge in [-0.15, -0.1) is 4.80 Å². The zero-order chi connectivity index (χ0) is 18.9. The highest BCUT2D eigenvalue weighted by atomic mass is 79.9. The molecule has 1 amide bonds. The third-order valence-corrected chi connectivity index (χ3v) is 4.43. The molecule has 0 N–H and O–H groups in total. The van der Waals surface area contributed by atoms with E-state index in [9.17, 15) is 4.79 Å². The number of rotatable bonds is 2. The van der Waals surface area contributed by atoms with E-state index >= 15 is 0 Å². The number of hydrogen-bond acceptors (Lipinski definition) is 6. The van der Waals surface area contributed by atoms with E-state index in [1.165, 1.54) is 0 Å². The lowest BCUT2D eigenvalue weighted by Gasteiger charge is -2.41. The van der Waals surface area contributed by atoms with Crippen LogP contribution in [0.5, 0.6) is 0 Å².